The van der Waals surface area contributed by atoms with Crippen molar-refractivity contribution in [2.24, 2.45) is 0 Å². The highest BCUT2D eigenvalue weighted by Gasteiger charge is 2.31. The van der Waals surface area contributed by atoms with E-state index in [4.69, 9.17) is 21.1 Å². The van der Waals surface area contributed by atoms with E-state index < -0.39 is 0 Å². The van der Waals surface area contributed by atoms with Gasteiger partial charge in [-0.05, 0) is 61.7 Å². The molecule has 4 nitrogen and oxygen atoms in total. The summed E-state index contributed by atoms with van der Waals surface area (Å²) in [7, 11) is 1.67. The number of halogens is 1. The number of methoxy groups -OCH3 is 1. The molecule has 0 bridgehead atoms. The predicted molar refractivity (Wildman–Crippen MR) is 111 cm³/mol. The highest BCUT2D eigenvalue weighted by molar-refractivity contribution is 6.30. The number of carbonyl (C=O) groups excluding carboxylic acids is 1. The number of benzene rings is 2. The van der Waals surface area contributed by atoms with Crippen molar-refractivity contribution < 1.29 is 14.3 Å². The van der Waals surface area contributed by atoms with Gasteiger partial charge in [-0.25, -0.2) is 4.79 Å². The molecule has 0 N–H and O–H groups in total. The van der Waals surface area contributed by atoms with Crippen LogP contribution in [0, 0.1) is 6.92 Å². The number of ether oxygens (including phenoxy) is 2. The van der Waals surface area contributed by atoms with Gasteiger partial charge in [0.2, 0.25) is 0 Å². The Kier molecular flexibility index (Phi) is 4.90. The second-order valence-corrected chi connectivity index (χ2v) is 7.28. The van der Waals surface area contributed by atoms with Crippen molar-refractivity contribution in [1.29, 1.82) is 0 Å². The molecule has 0 unspecified atom stereocenters. The van der Waals surface area contributed by atoms with E-state index in [2.05, 4.69) is 17.6 Å². The van der Waals surface area contributed by atoms with Crippen LogP contribution in [0.5, 0.6) is 5.75 Å². The van der Waals surface area contributed by atoms with Crippen molar-refractivity contribution >= 4 is 17.6 Å². The molecule has 0 aliphatic carbocycles. The maximum absolute atomic E-state index is 13.0. The van der Waals surface area contributed by atoms with Gasteiger partial charge >= 0.3 is 5.97 Å². The number of aromatic nitrogens is 1. The van der Waals surface area contributed by atoms with Crippen molar-refractivity contribution in [2.75, 3.05) is 13.7 Å². The molecule has 1 aromatic heterocycles. The maximum atomic E-state index is 13.0. The molecule has 5 heteroatoms. The monoisotopic (exact) mass is 395 g/mol. The second-order valence-electron chi connectivity index (χ2n) is 6.84. The van der Waals surface area contributed by atoms with E-state index in [0.29, 0.717) is 17.2 Å². The zero-order valence-electron chi connectivity index (χ0n) is 16.2. The topological polar surface area (TPSA) is 40.5 Å². The number of fused-ring (bicyclic) bond motifs is 3. The molecule has 1 aliphatic heterocycles. The summed E-state index contributed by atoms with van der Waals surface area (Å²) in [6.45, 7) is 5.00. The average Bonchev–Trinajstić information content (AvgIpc) is 3.00. The first-order valence-corrected chi connectivity index (χ1v) is 9.76. The zero-order chi connectivity index (χ0) is 19.8. The number of aryl methyl sites for hydroxylation is 1. The highest BCUT2D eigenvalue weighted by atomic mass is 35.5. The quantitative estimate of drug-likeness (QED) is 0.545. The zero-order valence-corrected chi connectivity index (χ0v) is 17.0. The fourth-order valence-corrected chi connectivity index (χ4v) is 4.25. The summed E-state index contributed by atoms with van der Waals surface area (Å²) >= 11 is 6.24. The first-order valence-electron chi connectivity index (χ1n) is 9.38. The van der Waals surface area contributed by atoms with E-state index in [-0.39, 0.29) is 5.97 Å². The summed E-state index contributed by atoms with van der Waals surface area (Å²) < 4.78 is 13.1. The van der Waals surface area contributed by atoms with Crippen molar-refractivity contribution in [3.05, 3.63) is 64.3 Å². The Bertz CT molecular complexity index is 1070. The number of nitrogens with zero attached hydrogens (tertiary/aromatic N) is 1. The van der Waals surface area contributed by atoms with Crippen LogP contribution in [0.1, 0.15) is 28.5 Å². The van der Waals surface area contributed by atoms with E-state index in [1.807, 2.05) is 43.3 Å². The van der Waals surface area contributed by atoms with E-state index in [9.17, 15) is 4.79 Å². The summed E-state index contributed by atoms with van der Waals surface area (Å²) in [5.41, 5.74) is 6.59. The Morgan fingerprint density at radius 1 is 1.21 bits per heavy atom. The molecule has 2 aromatic carbocycles. The summed E-state index contributed by atoms with van der Waals surface area (Å²) in [6.07, 6.45) is 0.881. The third kappa shape index (κ3) is 2.98. The lowest BCUT2D eigenvalue weighted by Crippen LogP contribution is -2.14. The summed E-state index contributed by atoms with van der Waals surface area (Å²) in [4.78, 5) is 13.0. The fraction of sp³-hybridized carbons (Fsp3) is 0.261. The molecule has 0 spiro atoms. The molecule has 0 atom stereocenters. The van der Waals surface area contributed by atoms with Gasteiger partial charge in [-0.15, -0.1) is 0 Å². The van der Waals surface area contributed by atoms with Gasteiger partial charge in [-0.1, -0.05) is 23.7 Å². The van der Waals surface area contributed by atoms with Crippen molar-refractivity contribution in [1.82, 2.24) is 4.57 Å². The molecule has 0 fully saturated rings. The number of carbonyl (C=O) groups is 1. The minimum absolute atomic E-state index is 0.307. The molecular formula is C23H22ClNO3. The van der Waals surface area contributed by atoms with Crippen LogP contribution < -0.4 is 4.74 Å². The predicted octanol–water partition coefficient (Wildman–Crippen LogP) is 5.53. The largest absolute Gasteiger partial charge is 0.497 e. The molecule has 0 amide bonds. The van der Waals surface area contributed by atoms with E-state index in [0.717, 1.165) is 46.8 Å². The van der Waals surface area contributed by atoms with Crippen LogP contribution in [-0.4, -0.2) is 24.3 Å². The standard InChI is InChI=1S/C23H22ClNO3/c1-4-28-23(26)21-20(16-6-5-7-17(24)12-16)14(2)25-11-10-15-13-18(27-3)8-9-19(15)22(21)25/h5-9,12-13H,4,10-11H2,1-3H3. The number of hydrogen-bond acceptors (Lipinski definition) is 3. The molecule has 0 saturated heterocycles. The molecule has 0 radical (unpaired) electrons. The highest BCUT2D eigenvalue weighted by Crippen LogP contribution is 2.43. The van der Waals surface area contributed by atoms with Crippen LogP contribution >= 0.6 is 11.6 Å². The number of hydrogen-bond donors (Lipinski definition) is 0. The molecule has 28 heavy (non-hydrogen) atoms. The summed E-state index contributed by atoms with van der Waals surface area (Å²) in [6, 6.07) is 13.6. The molecular weight excluding hydrogens is 374 g/mol. The third-order valence-electron chi connectivity index (χ3n) is 5.29. The van der Waals surface area contributed by atoms with E-state index in [1.54, 1.807) is 7.11 Å². The van der Waals surface area contributed by atoms with Crippen molar-refractivity contribution in [2.45, 2.75) is 26.8 Å². The number of rotatable bonds is 4. The van der Waals surface area contributed by atoms with E-state index >= 15 is 0 Å². The van der Waals surface area contributed by atoms with Crippen LogP contribution in [0.4, 0.5) is 0 Å². The van der Waals surface area contributed by atoms with Crippen LogP contribution in [0.15, 0.2) is 42.5 Å². The molecule has 1 aliphatic rings. The van der Waals surface area contributed by atoms with Gasteiger partial charge in [0.05, 0.1) is 25.0 Å². The first kappa shape index (κ1) is 18.6. The molecule has 0 saturated carbocycles. The molecule has 144 valence electrons. The Balaban J connectivity index is 2.02. The lowest BCUT2D eigenvalue weighted by molar-refractivity contribution is 0.0528. The van der Waals surface area contributed by atoms with Crippen LogP contribution in [-0.2, 0) is 17.7 Å². The van der Waals surface area contributed by atoms with Gasteiger partial charge in [0.25, 0.3) is 0 Å². The van der Waals surface area contributed by atoms with Crippen molar-refractivity contribution in [3.63, 3.8) is 0 Å². The smallest absolute Gasteiger partial charge is 0.340 e. The van der Waals surface area contributed by atoms with Crippen LogP contribution in [0.2, 0.25) is 5.02 Å². The van der Waals surface area contributed by atoms with Crippen LogP contribution in [0.3, 0.4) is 0 Å². The van der Waals surface area contributed by atoms with Gasteiger partial charge in [0.1, 0.15) is 5.75 Å². The summed E-state index contributed by atoms with van der Waals surface area (Å²) in [5, 5.41) is 0.640. The summed E-state index contributed by atoms with van der Waals surface area (Å²) in [5.74, 6) is 0.515. The van der Waals surface area contributed by atoms with Crippen molar-refractivity contribution in [3.8, 4) is 28.1 Å². The fourth-order valence-electron chi connectivity index (χ4n) is 4.06. The SMILES string of the molecule is CCOC(=O)c1c(-c2cccc(Cl)c2)c(C)n2c1-c1ccc(OC)cc1CC2. The minimum Gasteiger partial charge on any atom is -0.497 e. The van der Waals surface area contributed by atoms with Gasteiger partial charge in [0.15, 0.2) is 0 Å². The Morgan fingerprint density at radius 3 is 2.75 bits per heavy atom. The third-order valence-corrected chi connectivity index (χ3v) is 5.52. The first-order chi connectivity index (χ1) is 13.5. The molecule has 4 rings (SSSR count). The average molecular weight is 396 g/mol. The maximum Gasteiger partial charge on any atom is 0.340 e. The van der Waals surface area contributed by atoms with Gasteiger partial charge < -0.3 is 14.0 Å². The van der Waals surface area contributed by atoms with Crippen LogP contribution in [0.25, 0.3) is 22.4 Å². The van der Waals surface area contributed by atoms with E-state index in [1.165, 1.54) is 5.56 Å². The molecule has 2 heterocycles. The van der Waals surface area contributed by atoms with Gasteiger partial charge in [-0.2, -0.15) is 0 Å². The Labute approximate surface area is 169 Å². The lowest BCUT2D eigenvalue weighted by Gasteiger charge is -2.22. The minimum atomic E-state index is -0.307. The second kappa shape index (κ2) is 7.36. The molecule has 3 aromatic rings. The Morgan fingerprint density at radius 2 is 2.04 bits per heavy atom. The normalized spacial score (nSPS) is 12.3. The lowest BCUT2D eigenvalue weighted by atomic mass is 9.93. The number of esters is 1. The van der Waals surface area contributed by atoms with Gasteiger partial charge in [-0.3, -0.25) is 0 Å². The van der Waals surface area contributed by atoms with Gasteiger partial charge in [0, 0.05) is 28.4 Å². The Hall–Kier alpha value is -2.72.